The standard InChI is InChI=1S/C15H24O5/c1-11-5-3-7-14(18-11)15(8-4-6-12(2)19-15)20-13(9-16)10-17-14/h9,11-13H,3-8,10H2,1-2H3/t11-,12-,13-,14-,15+/m0/s1. The summed E-state index contributed by atoms with van der Waals surface area (Å²) in [5, 5.41) is 0. The van der Waals surface area contributed by atoms with Crippen molar-refractivity contribution in [1.82, 2.24) is 0 Å². The highest BCUT2D eigenvalue weighted by atomic mass is 16.8. The molecule has 3 aliphatic rings. The van der Waals surface area contributed by atoms with E-state index in [9.17, 15) is 4.79 Å². The predicted molar refractivity (Wildman–Crippen MR) is 71.1 cm³/mol. The van der Waals surface area contributed by atoms with E-state index in [0.29, 0.717) is 6.42 Å². The quantitative estimate of drug-likeness (QED) is 0.691. The van der Waals surface area contributed by atoms with Crippen LogP contribution in [0, 0.1) is 0 Å². The van der Waals surface area contributed by atoms with Crippen molar-refractivity contribution in [2.45, 2.75) is 82.3 Å². The van der Waals surface area contributed by atoms with Gasteiger partial charge in [0, 0.05) is 12.8 Å². The molecule has 0 aromatic heterocycles. The fourth-order valence-corrected chi connectivity index (χ4v) is 3.65. The smallest absolute Gasteiger partial charge is 0.224 e. The highest BCUT2D eigenvalue weighted by molar-refractivity contribution is 5.56. The van der Waals surface area contributed by atoms with Gasteiger partial charge in [0.05, 0.1) is 18.8 Å². The van der Waals surface area contributed by atoms with E-state index in [1.165, 1.54) is 0 Å². The van der Waals surface area contributed by atoms with E-state index in [4.69, 9.17) is 18.9 Å². The monoisotopic (exact) mass is 284 g/mol. The van der Waals surface area contributed by atoms with Gasteiger partial charge in [0.2, 0.25) is 11.6 Å². The highest BCUT2D eigenvalue weighted by Crippen LogP contribution is 2.49. The van der Waals surface area contributed by atoms with Gasteiger partial charge in [-0.1, -0.05) is 0 Å². The van der Waals surface area contributed by atoms with Crippen molar-refractivity contribution < 1.29 is 23.7 Å². The molecule has 114 valence electrons. The molecule has 3 fully saturated rings. The molecule has 0 aromatic carbocycles. The Kier molecular flexibility index (Phi) is 3.88. The van der Waals surface area contributed by atoms with Crippen LogP contribution in [-0.2, 0) is 23.7 Å². The molecule has 5 nitrogen and oxygen atoms in total. The number of carbonyl (C=O) groups is 1. The third-order valence-corrected chi connectivity index (χ3v) is 4.57. The van der Waals surface area contributed by atoms with Gasteiger partial charge in [-0.05, 0) is 39.5 Å². The molecular formula is C15H24O5. The van der Waals surface area contributed by atoms with Crippen molar-refractivity contribution in [3.63, 3.8) is 0 Å². The lowest BCUT2D eigenvalue weighted by Gasteiger charge is -2.57. The van der Waals surface area contributed by atoms with E-state index in [0.717, 1.165) is 38.4 Å². The van der Waals surface area contributed by atoms with Crippen LogP contribution >= 0.6 is 0 Å². The second kappa shape index (κ2) is 5.37. The lowest BCUT2D eigenvalue weighted by atomic mass is 9.87. The van der Waals surface area contributed by atoms with Crippen LogP contribution in [0.3, 0.4) is 0 Å². The van der Waals surface area contributed by atoms with Crippen LogP contribution in [0.25, 0.3) is 0 Å². The molecule has 0 amide bonds. The molecule has 0 aliphatic carbocycles. The highest BCUT2D eigenvalue weighted by Gasteiger charge is 2.62. The number of aldehydes is 1. The molecule has 0 saturated carbocycles. The zero-order valence-corrected chi connectivity index (χ0v) is 12.3. The first-order valence-corrected chi connectivity index (χ1v) is 7.72. The van der Waals surface area contributed by atoms with Gasteiger partial charge >= 0.3 is 0 Å². The summed E-state index contributed by atoms with van der Waals surface area (Å²) in [6, 6.07) is 0. The average molecular weight is 284 g/mol. The number of ether oxygens (including phenoxy) is 4. The van der Waals surface area contributed by atoms with Crippen LogP contribution in [0.1, 0.15) is 52.4 Å². The fourth-order valence-electron chi connectivity index (χ4n) is 3.65. The first kappa shape index (κ1) is 14.4. The van der Waals surface area contributed by atoms with Crippen LogP contribution in [0.2, 0.25) is 0 Å². The Morgan fingerprint density at radius 1 is 0.950 bits per heavy atom. The molecule has 3 saturated heterocycles. The largest absolute Gasteiger partial charge is 0.342 e. The molecule has 0 N–H and O–H groups in total. The van der Waals surface area contributed by atoms with Gasteiger partial charge in [-0.2, -0.15) is 0 Å². The van der Waals surface area contributed by atoms with Gasteiger partial charge in [-0.25, -0.2) is 0 Å². The van der Waals surface area contributed by atoms with E-state index in [2.05, 4.69) is 6.92 Å². The van der Waals surface area contributed by atoms with Crippen molar-refractivity contribution in [2.75, 3.05) is 6.61 Å². The van der Waals surface area contributed by atoms with E-state index >= 15 is 0 Å². The van der Waals surface area contributed by atoms with Crippen LogP contribution in [0.5, 0.6) is 0 Å². The number of hydrogen-bond acceptors (Lipinski definition) is 5. The van der Waals surface area contributed by atoms with E-state index in [1.54, 1.807) is 0 Å². The summed E-state index contributed by atoms with van der Waals surface area (Å²) in [6.07, 6.45) is 5.97. The molecule has 2 spiro atoms. The lowest BCUT2D eigenvalue weighted by molar-refractivity contribution is -0.474. The maximum absolute atomic E-state index is 11.1. The Bertz CT molecular complexity index is 373. The Hall–Kier alpha value is -0.490. The number of rotatable bonds is 1. The molecule has 0 unspecified atom stereocenters. The summed E-state index contributed by atoms with van der Waals surface area (Å²) in [4.78, 5) is 11.1. The molecule has 5 atom stereocenters. The van der Waals surface area contributed by atoms with Gasteiger partial charge in [0.1, 0.15) is 6.10 Å². The minimum atomic E-state index is -0.927. The minimum Gasteiger partial charge on any atom is -0.342 e. The van der Waals surface area contributed by atoms with Gasteiger partial charge in [0.15, 0.2) is 6.29 Å². The van der Waals surface area contributed by atoms with Crippen molar-refractivity contribution in [2.24, 2.45) is 0 Å². The summed E-state index contributed by atoms with van der Waals surface area (Å²) in [6.45, 7) is 4.33. The minimum absolute atomic E-state index is 0.0930. The Balaban J connectivity index is 1.91. The topological polar surface area (TPSA) is 54.0 Å². The third kappa shape index (κ3) is 2.30. The number of fused-ring (bicyclic) bond motifs is 1. The summed E-state index contributed by atoms with van der Waals surface area (Å²) in [5.74, 6) is -1.78. The molecule has 0 bridgehead atoms. The molecule has 0 aromatic rings. The summed E-state index contributed by atoms with van der Waals surface area (Å²) in [5.41, 5.74) is 0. The summed E-state index contributed by atoms with van der Waals surface area (Å²) < 4.78 is 24.4. The molecule has 5 heteroatoms. The molecule has 3 heterocycles. The molecular weight excluding hydrogens is 260 g/mol. The molecule has 20 heavy (non-hydrogen) atoms. The third-order valence-electron chi connectivity index (χ3n) is 4.57. The van der Waals surface area contributed by atoms with E-state index < -0.39 is 17.7 Å². The van der Waals surface area contributed by atoms with Gasteiger partial charge in [-0.15, -0.1) is 0 Å². The fraction of sp³-hybridized carbons (Fsp3) is 0.933. The van der Waals surface area contributed by atoms with Gasteiger partial charge in [-0.3, -0.25) is 0 Å². The Labute approximate surface area is 119 Å². The van der Waals surface area contributed by atoms with Crippen LogP contribution in [-0.4, -0.2) is 42.8 Å². The normalized spacial score (nSPS) is 49.4. The average Bonchev–Trinajstić information content (AvgIpc) is 2.42. The maximum Gasteiger partial charge on any atom is 0.224 e. The second-order valence-corrected chi connectivity index (χ2v) is 6.25. The summed E-state index contributed by atoms with van der Waals surface area (Å²) >= 11 is 0. The first-order chi connectivity index (χ1) is 9.59. The van der Waals surface area contributed by atoms with Crippen LogP contribution < -0.4 is 0 Å². The van der Waals surface area contributed by atoms with Gasteiger partial charge in [0.25, 0.3) is 0 Å². The van der Waals surface area contributed by atoms with Crippen molar-refractivity contribution >= 4 is 6.29 Å². The van der Waals surface area contributed by atoms with Crippen molar-refractivity contribution in [1.29, 1.82) is 0 Å². The van der Waals surface area contributed by atoms with E-state index in [-0.39, 0.29) is 18.8 Å². The first-order valence-electron chi connectivity index (χ1n) is 7.72. The van der Waals surface area contributed by atoms with Crippen LogP contribution in [0.4, 0.5) is 0 Å². The molecule has 0 radical (unpaired) electrons. The SMILES string of the molecule is C[C@H]1CCC[C@]2(OC[C@H](C=O)O[C@]23CCC[C@H](C)O3)O1. The second-order valence-electron chi connectivity index (χ2n) is 6.25. The van der Waals surface area contributed by atoms with Crippen molar-refractivity contribution in [3.05, 3.63) is 0 Å². The lowest BCUT2D eigenvalue weighted by Crippen LogP contribution is -2.69. The van der Waals surface area contributed by atoms with E-state index in [1.807, 2.05) is 6.92 Å². The number of hydrogen-bond donors (Lipinski definition) is 0. The Morgan fingerprint density at radius 2 is 1.55 bits per heavy atom. The zero-order valence-electron chi connectivity index (χ0n) is 12.3. The number of carbonyl (C=O) groups excluding carboxylic acids is 1. The van der Waals surface area contributed by atoms with Gasteiger partial charge < -0.3 is 23.7 Å². The van der Waals surface area contributed by atoms with Crippen molar-refractivity contribution in [3.8, 4) is 0 Å². The molecule has 3 rings (SSSR count). The molecule has 3 aliphatic heterocycles. The Morgan fingerprint density at radius 3 is 2.15 bits per heavy atom. The van der Waals surface area contributed by atoms with Crippen LogP contribution in [0.15, 0.2) is 0 Å². The predicted octanol–water partition coefficient (Wildman–Crippen LogP) is 2.17. The zero-order chi connectivity index (χ0) is 14.2. The maximum atomic E-state index is 11.1. The summed E-state index contributed by atoms with van der Waals surface area (Å²) in [7, 11) is 0.